The third-order valence-electron chi connectivity index (χ3n) is 8.43. The summed E-state index contributed by atoms with van der Waals surface area (Å²) in [4.78, 5) is 32.4. The summed E-state index contributed by atoms with van der Waals surface area (Å²) in [5, 5.41) is 7.50. The number of nitrogens with one attached hydrogen (secondary N) is 1. The van der Waals surface area contributed by atoms with E-state index in [0.29, 0.717) is 23.8 Å². The number of carbonyl (C=O) groups is 1. The van der Waals surface area contributed by atoms with Crippen LogP contribution in [0.25, 0.3) is 11.4 Å². The fraction of sp³-hybridized carbons (Fsp3) is 0.314. The maximum Gasteiger partial charge on any atom is 0.229 e. The van der Waals surface area contributed by atoms with Crippen LogP contribution in [-0.4, -0.2) is 42.9 Å². The number of nitrogens with zero attached hydrogens (tertiary/aromatic N) is 6. The lowest BCUT2D eigenvalue weighted by Crippen LogP contribution is -2.35. The van der Waals surface area contributed by atoms with Crippen molar-refractivity contribution in [3.05, 3.63) is 108 Å². The minimum atomic E-state index is -0.318. The van der Waals surface area contributed by atoms with Gasteiger partial charge in [-0.2, -0.15) is 5.10 Å². The van der Waals surface area contributed by atoms with Crippen molar-refractivity contribution >= 4 is 17.7 Å². The summed E-state index contributed by atoms with van der Waals surface area (Å²) >= 11 is 0. The Balaban J connectivity index is 1.16. The number of aliphatic imine (C=N–C) groups is 1. The van der Waals surface area contributed by atoms with Gasteiger partial charge in [-0.1, -0.05) is 48.4 Å². The van der Waals surface area contributed by atoms with Gasteiger partial charge in [0.1, 0.15) is 5.82 Å². The van der Waals surface area contributed by atoms with E-state index >= 15 is 0 Å². The Hall–Kier alpha value is -4.90. The van der Waals surface area contributed by atoms with Gasteiger partial charge in [-0.15, -0.1) is 6.42 Å². The van der Waals surface area contributed by atoms with Crippen LogP contribution in [0.4, 0.5) is 0 Å². The van der Waals surface area contributed by atoms with Gasteiger partial charge in [0.15, 0.2) is 5.82 Å². The molecular formula is C35H35N7O. The summed E-state index contributed by atoms with van der Waals surface area (Å²) in [5.41, 5.74) is 4.61. The van der Waals surface area contributed by atoms with Gasteiger partial charge >= 0.3 is 0 Å². The van der Waals surface area contributed by atoms with Gasteiger partial charge in [-0.3, -0.25) is 14.8 Å². The summed E-state index contributed by atoms with van der Waals surface area (Å²) in [5.74, 6) is 4.39. The molecule has 6 rings (SSSR count). The van der Waals surface area contributed by atoms with Crippen molar-refractivity contribution in [1.82, 2.24) is 30.0 Å². The van der Waals surface area contributed by atoms with Crippen molar-refractivity contribution < 1.29 is 4.79 Å². The highest BCUT2D eigenvalue weighted by molar-refractivity contribution is 6.11. The molecule has 1 amide bonds. The average molecular weight is 570 g/mol. The first-order valence-electron chi connectivity index (χ1n) is 14.9. The van der Waals surface area contributed by atoms with Gasteiger partial charge in [0.25, 0.3) is 0 Å². The summed E-state index contributed by atoms with van der Waals surface area (Å²) < 4.78 is 1.69. The number of terminal acetylenes is 1. The fourth-order valence-corrected chi connectivity index (χ4v) is 6.12. The maximum absolute atomic E-state index is 13.8. The quantitative estimate of drug-likeness (QED) is 0.274. The number of hydrogen-bond acceptors (Lipinski definition) is 6. The monoisotopic (exact) mass is 569 g/mol. The molecule has 8 nitrogen and oxygen atoms in total. The van der Waals surface area contributed by atoms with Gasteiger partial charge in [0.05, 0.1) is 23.2 Å². The van der Waals surface area contributed by atoms with Crippen LogP contribution in [0.2, 0.25) is 0 Å². The molecule has 0 spiro atoms. The van der Waals surface area contributed by atoms with Crippen molar-refractivity contribution in [3.63, 3.8) is 0 Å². The molecule has 2 atom stereocenters. The molecule has 0 radical (unpaired) electrons. The second-order valence-electron chi connectivity index (χ2n) is 11.4. The smallest absolute Gasteiger partial charge is 0.229 e. The van der Waals surface area contributed by atoms with Crippen molar-refractivity contribution in [2.24, 2.45) is 16.8 Å². The number of carbonyl (C=O) groups excluding carboxylic acids is 1. The van der Waals surface area contributed by atoms with Crippen molar-refractivity contribution in [1.29, 1.82) is 0 Å². The van der Waals surface area contributed by atoms with Gasteiger partial charge < -0.3 is 5.32 Å². The van der Waals surface area contributed by atoms with E-state index in [4.69, 9.17) is 16.4 Å². The lowest BCUT2D eigenvalue weighted by Gasteiger charge is -2.33. The Morgan fingerprint density at radius 1 is 1.07 bits per heavy atom. The predicted octanol–water partition coefficient (Wildman–Crippen LogP) is 5.34. The first-order chi connectivity index (χ1) is 21.1. The number of allylic oxidation sites excluding steroid dienone is 1. The highest BCUT2D eigenvalue weighted by atomic mass is 16.1. The lowest BCUT2D eigenvalue weighted by atomic mass is 9.73. The van der Waals surface area contributed by atoms with Crippen LogP contribution >= 0.6 is 0 Å². The molecule has 2 aliphatic rings. The number of aromatic nitrogens is 5. The van der Waals surface area contributed by atoms with Crippen LogP contribution < -0.4 is 5.32 Å². The third kappa shape index (κ3) is 6.62. The molecule has 2 unspecified atom stereocenters. The normalized spacial score (nSPS) is 20.3. The number of rotatable bonds is 9. The number of benzene rings is 1. The van der Waals surface area contributed by atoms with Crippen LogP contribution in [0.3, 0.4) is 0 Å². The van der Waals surface area contributed by atoms with Crippen LogP contribution in [0.1, 0.15) is 66.7 Å². The minimum Gasteiger partial charge on any atom is -0.351 e. The van der Waals surface area contributed by atoms with E-state index in [1.807, 2.05) is 61.1 Å². The second-order valence-corrected chi connectivity index (χ2v) is 11.4. The van der Waals surface area contributed by atoms with Crippen molar-refractivity contribution in [3.8, 4) is 18.2 Å². The van der Waals surface area contributed by atoms with Crippen LogP contribution in [0, 0.1) is 24.2 Å². The zero-order valence-corrected chi connectivity index (χ0v) is 24.3. The maximum atomic E-state index is 13.8. The summed E-state index contributed by atoms with van der Waals surface area (Å²) in [6.45, 7) is 2.56. The highest BCUT2D eigenvalue weighted by Gasteiger charge is 2.34. The van der Waals surface area contributed by atoms with Crippen molar-refractivity contribution in [2.75, 3.05) is 0 Å². The summed E-state index contributed by atoms with van der Waals surface area (Å²) in [6.07, 6.45) is 21.5. The highest BCUT2D eigenvalue weighted by Crippen LogP contribution is 2.39. The molecule has 4 heterocycles. The average Bonchev–Trinajstić information content (AvgIpc) is 3.74. The van der Waals surface area contributed by atoms with Crippen LogP contribution in [0.5, 0.6) is 0 Å². The first-order valence-corrected chi connectivity index (χ1v) is 14.9. The van der Waals surface area contributed by atoms with Gasteiger partial charge in [-0.25, -0.2) is 14.6 Å². The van der Waals surface area contributed by atoms with Gasteiger partial charge in [0, 0.05) is 49.5 Å². The molecule has 1 saturated carbocycles. The molecule has 43 heavy (non-hydrogen) atoms. The Morgan fingerprint density at radius 3 is 2.58 bits per heavy atom. The molecule has 0 saturated heterocycles. The van der Waals surface area contributed by atoms with Crippen LogP contribution in [-0.2, 0) is 17.8 Å². The van der Waals surface area contributed by atoms with Gasteiger partial charge in [-0.05, 0) is 67.7 Å². The third-order valence-corrected chi connectivity index (χ3v) is 8.43. The topological polar surface area (TPSA) is 98.0 Å². The van der Waals surface area contributed by atoms with E-state index in [2.05, 4.69) is 45.4 Å². The molecule has 3 aromatic heterocycles. The van der Waals surface area contributed by atoms with E-state index in [0.717, 1.165) is 60.3 Å². The summed E-state index contributed by atoms with van der Waals surface area (Å²) in [7, 11) is 0. The largest absolute Gasteiger partial charge is 0.351 e. The number of pyridine rings is 1. The SMILES string of the molecule is C#Cc1cnc(CC2CCC(C(C(=O)NCc3ccccc3)c3ccc(C4=CC(C)N=C4)cn3)CC2)nc1-n1cccn1. The van der Waals surface area contributed by atoms with Gasteiger partial charge in [0.2, 0.25) is 5.91 Å². The molecular weight excluding hydrogens is 534 g/mol. The van der Waals surface area contributed by atoms with E-state index < -0.39 is 0 Å². The van der Waals surface area contributed by atoms with Crippen molar-refractivity contribution in [2.45, 2.75) is 57.5 Å². The van der Waals surface area contributed by atoms with E-state index in [9.17, 15) is 4.79 Å². The Morgan fingerprint density at radius 2 is 1.91 bits per heavy atom. The molecule has 8 heteroatoms. The summed E-state index contributed by atoms with van der Waals surface area (Å²) in [6, 6.07) is 16.1. The molecule has 216 valence electrons. The standard InChI is InChI=1S/C35H35N7O/c1-3-27-21-38-32(41-34(27)42-17-7-16-40-42)19-25-10-12-28(13-11-25)33(35(43)39-20-26-8-5-4-6-9-26)31-15-14-29(22-37-31)30-18-24(2)36-23-30/h1,4-9,14-18,21-25,28,33H,10-13,19-20H2,2H3,(H,39,43). The second kappa shape index (κ2) is 13.0. The number of amides is 1. The Bertz CT molecular complexity index is 1640. The van der Waals surface area contributed by atoms with E-state index in [-0.39, 0.29) is 23.8 Å². The van der Waals surface area contributed by atoms with E-state index in [1.165, 1.54) is 0 Å². The zero-order chi connectivity index (χ0) is 29.6. The minimum absolute atomic E-state index is 0.0277. The molecule has 1 fully saturated rings. The molecule has 0 bridgehead atoms. The zero-order valence-electron chi connectivity index (χ0n) is 24.3. The van der Waals surface area contributed by atoms with E-state index in [1.54, 1.807) is 17.1 Å². The lowest BCUT2D eigenvalue weighted by molar-refractivity contribution is -0.124. The number of hydrogen-bond donors (Lipinski definition) is 1. The molecule has 4 aromatic rings. The molecule has 1 aromatic carbocycles. The van der Waals surface area contributed by atoms with Crippen LogP contribution in [0.15, 0.2) is 84.4 Å². The molecule has 1 N–H and O–H groups in total. The molecule has 1 aliphatic heterocycles. The molecule has 1 aliphatic carbocycles. The predicted molar refractivity (Wildman–Crippen MR) is 167 cm³/mol. The Kier molecular flexibility index (Phi) is 8.50. The Labute approximate surface area is 252 Å². The fourth-order valence-electron chi connectivity index (χ4n) is 6.12. The first kappa shape index (κ1) is 28.2.